The van der Waals surface area contributed by atoms with Crippen LogP contribution in [0.25, 0.3) is 0 Å². The van der Waals surface area contributed by atoms with Gasteiger partial charge in [-0.05, 0) is 6.92 Å². The van der Waals surface area contributed by atoms with Gasteiger partial charge in [0.1, 0.15) is 0 Å². The maximum atomic E-state index is 12.2. The number of nitrogens with zero attached hydrogens (tertiary/aromatic N) is 4. The van der Waals surface area contributed by atoms with Crippen LogP contribution in [0.3, 0.4) is 0 Å². The van der Waals surface area contributed by atoms with Crippen LogP contribution in [-0.4, -0.2) is 61.0 Å². The van der Waals surface area contributed by atoms with E-state index in [9.17, 15) is 4.79 Å². The third kappa shape index (κ3) is 5.69. The first kappa shape index (κ1) is 15.4. The maximum Gasteiger partial charge on any atom is 0.236 e. The summed E-state index contributed by atoms with van der Waals surface area (Å²) in [5, 5.41) is 20.5. The second-order valence-electron chi connectivity index (χ2n) is 4.79. The summed E-state index contributed by atoms with van der Waals surface area (Å²) in [5.41, 5.74) is 0. The lowest BCUT2D eigenvalue weighted by Crippen LogP contribution is -2.52. The Morgan fingerprint density at radius 3 is 2.53 bits per heavy atom. The highest BCUT2D eigenvalue weighted by atomic mass is 16.2. The maximum absolute atomic E-state index is 12.2. The van der Waals surface area contributed by atoms with Gasteiger partial charge in [-0.3, -0.25) is 9.69 Å². The molecule has 104 valence electrons. The number of hydrogen-bond donors (Lipinski definition) is 1. The minimum absolute atomic E-state index is 0.0135. The van der Waals surface area contributed by atoms with Crippen molar-refractivity contribution in [1.82, 2.24) is 15.1 Å². The molecule has 6 heteroatoms. The highest BCUT2D eigenvalue weighted by molar-refractivity contribution is 5.78. The molecule has 1 atom stereocenters. The van der Waals surface area contributed by atoms with Crippen LogP contribution in [-0.2, 0) is 4.79 Å². The molecular weight excluding hydrogens is 242 g/mol. The molecule has 0 radical (unpaired) electrons. The molecule has 1 fully saturated rings. The number of nitrogens with one attached hydrogen (secondary N) is 1. The van der Waals surface area contributed by atoms with Crippen molar-refractivity contribution < 1.29 is 4.79 Å². The van der Waals surface area contributed by atoms with Gasteiger partial charge in [-0.15, -0.1) is 0 Å². The van der Waals surface area contributed by atoms with E-state index >= 15 is 0 Å². The standard InChI is InChI=1S/C13H21N5O/c1-12-10-17(9-6-16-12)11-13(19)18(7-2-4-14)8-3-5-15/h12,16H,2-3,6-11H2,1H3. The molecule has 6 nitrogen and oxygen atoms in total. The zero-order valence-electron chi connectivity index (χ0n) is 11.4. The molecule has 1 heterocycles. The van der Waals surface area contributed by atoms with E-state index in [0.717, 1.165) is 19.6 Å². The molecule has 1 unspecified atom stereocenters. The van der Waals surface area contributed by atoms with Crippen molar-refractivity contribution >= 4 is 5.91 Å². The number of carbonyl (C=O) groups excluding carboxylic acids is 1. The van der Waals surface area contributed by atoms with Gasteiger partial charge in [0.15, 0.2) is 0 Å². The topological polar surface area (TPSA) is 83.2 Å². The third-order valence-corrected chi connectivity index (χ3v) is 3.15. The number of amides is 1. The summed E-state index contributed by atoms with van der Waals surface area (Å²) in [7, 11) is 0. The fourth-order valence-corrected chi connectivity index (χ4v) is 2.18. The molecule has 1 aliphatic rings. The number of carbonyl (C=O) groups is 1. The van der Waals surface area contributed by atoms with Gasteiger partial charge in [0.25, 0.3) is 0 Å². The fraction of sp³-hybridized carbons (Fsp3) is 0.769. The minimum Gasteiger partial charge on any atom is -0.340 e. The van der Waals surface area contributed by atoms with E-state index in [0.29, 0.717) is 38.5 Å². The van der Waals surface area contributed by atoms with Crippen molar-refractivity contribution in [2.45, 2.75) is 25.8 Å². The van der Waals surface area contributed by atoms with Gasteiger partial charge in [0, 0.05) is 38.8 Å². The minimum atomic E-state index is 0.0135. The summed E-state index contributed by atoms with van der Waals surface area (Å²) in [6, 6.07) is 4.48. The first-order valence-corrected chi connectivity index (χ1v) is 6.64. The van der Waals surface area contributed by atoms with Crippen LogP contribution in [0, 0.1) is 22.7 Å². The molecule has 0 aliphatic carbocycles. The van der Waals surface area contributed by atoms with Crippen LogP contribution in [0.2, 0.25) is 0 Å². The summed E-state index contributed by atoms with van der Waals surface area (Å²) < 4.78 is 0. The monoisotopic (exact) mass is 263 g/mol. The van der Waals surface area contributed by atoms with E-state index in [4.69, 9.17) is 10.5 Å². The molecule has 0 bridgehead atoms. The van der Waals surface area contributed by atoms with Gasteiger partial charge in [0.05, 0.1) is 31.5 Å². The molecule has 1 aliphatic heterocycles. The first-order chi connectivity index (χ1) is 9.17. The molecular formula is C13H21N5O. The van der Waals surface area contributed by atoms with Gasteiger partial charge in [-0.25, -0.2) is 0 Å². The zero-order valence-corrected chi connectivity index (χ0v) is 11.4. The number of nitriles is 2. The normalized spacial score (nSPS) is 19.4. The van der Waals surface area contributed by atoms with E-state index in [1.807, 2.05) is 12.1 Å². The summed E-state index contributed by atoms with van der Waals surface area (Å²) >= 11 is 0. The van der Waals surface area contributed by atoms with Crippen LogP contribution >= 0.6 is 0 Å². The predicted octanol–water partition coefficient (Wildman–Crippen LogP) is -0.0639. The van der Waals surface area contributed by atoms with Crippen LogP contribution in [0.5, 0.6) is 0 Å². The van der Waals surface area contributed by atoms with E-state index in [-0.39, 0.29) is 5.91 Å². The zero-order chi connectivity index (χ0) is 14.1. The van der Waals surface area contributed by atoms with E-state index in [1.54, 1.807) is 4.90 Å². The fourth-order valence-electron chi connectivity index (χ4n) is 2.18. The Hall–Kier alpha value is -1.63. The number of hydrogen-bond acceptors (Lipinski definition) is 5. The van der Waals surface area contributed by atoms with Crippen molar-refractivity contribution in [2.75, 3.05) is 39.3 Å². The molecule has 1 N–H and O–H groups in total. The van der Waals surface area contributed by atoms with Gasteiger partial charge in [-0.1, -0.05) is 0 Å². The average Bonchev–Trinajstić information content (AvgIpc) is 2.38. The highest BCUT2D eigenvalue weighted by Crippen LogP contribution is 2.02. The van der Waals surface area contributed by atoms with E-state index in [1.165, 1.54) is 0 Å². The van der Waals surface area contributed by atoms with E-state index < -0.39 is 0 Å². The van der Waals surface area contributed by atoms with Gasteiger partial charge in [-0.2, -0.15) is 10.5 Å². The van der Waals surface area contributed by atoms with Crippen molar-refractivity contribution in [1.29, 1.82) is 10.5 Å². The van der Waals surface area contributed by atoms with Gasteiger partial charge in [0.2, 0.25) is 5.91 Å². The van der Waals surface area contributed by atoms with E-state index in [2.05, 4.69) is 17.1 Å². The lowest BCUT2D eigenvalue weighted by Gasteiger charge is -2.32. The predicted molar refractivity (Wildman–Crippen MR) is 70.9 cm³/mol. The Morgan fingerprint density at radius 2 is 2.00 bits per heavy atom. The summed E-state index contributed by atoms with van der Waals surface area (Å²) in [6.45, 7) is 5.92. The second kappa shape index (κ2) is 8.47. The number of rotatable bonds is 6. The molecule has 0 aromatic rings. The summed E-state index contributed by atoms with van der Waals surface area (Å²) in [5.74, 6) is 0.0135. The Labute approximate surface area is 114 Å². The summed E-state index contributed by atoms with van der Waals surface area (Å²) in [4.78, 5) is 15.9. The molecule has 1 rings (SSSR count). The van der Waals surface area contributed by atoms with Crippen LogP contribution in [0.4, 0.5) is 0 Å². The smallest absolute Gasteiger partial charge is 0.236 e. The lowest BCUT2D eigenvalue weighted by atomic mass is 10.2. The molecule has 0 saturated carbocycles. The highest BCUT2D eigenvalue weighted by Gasteiger charge is 2.20. The van der Waals surface area contributed by atoms with Crippen molar-refractivity contribution in [3.05, 3.63) is 0 Å². The Balaban J connectivity index is 2.46. The molecule has 1 amide bonds. The average molecular weight is 263 g/mol. The summed E-state index contributed by atoms with van der Waals surface area (Å²) in [6.07, 6.45) is 0.629. The quantitative estimate of drug-likeness (QED) is 0.725. The van der Waals surface area contributed by atoms with Crippen LogP contribution in [0.15, 0.2) is 0 Å². The molecule has 19 heavy (non-hydrogen) atoms. The van der Waals surface area contributed by atoms with Crippen LogP contribution < -0.4 is 5.32 Å². The number of piperazine rings is 1. The molecule has 1 saturated heterocycles. The molecule has 0 aromatic carbocycles. The SMILES string of the molecule is CC1CN(CC(=O)N(CCC#N)CCC#N)CCN1. The van der Waals surface area contributed by atoms with Crippen molar-refractivity contribution in [3.63, 3.8) is 0 Å². The first-order valence-electron chi connectivity index (χ1n) is 6.64. The van der Waals surface area contributed by atoms with Crippen molar-refractivity contribution in [3.8, 4) is 12.1 Å². The van der Waals surface area contributed by atoms with Gasteiger partial charge < -0.3 is 10.2 Å². The Bertz CT molecular complexity index is 352. The Kier molecular flexibility index (Phi) is 6.88. The Morgan fingerprint density at radius 1 is 1.37 bits per heavy atom. The second-order valence-corrected chi connectivity index (χ2v) is 4.79. The van der Waals surface area contributed by atoms with Crippen molar-refractivity contribution in [2.24, 2.45) is 0 Å². The largest absolute Gasteiger partial charge is 0.340 e. The lowest BCUT2D eigenvalue weighted by molar-refractivity contribution is -0.132. The molecule has 0 aromatic heterocycles. The van der Waals surface area contributed by atoms with Gasteiger partial charge >= 0.3 is 0 Å². The molecule has 0 spiro atoms. The van der Waals surface area contributed by atoms with Crippen LogP contribution in [0.1, 0.15) is 19.8 Å². The third-order valence-electron chi connectivity index (χ3n) is 3.15.